The van der Waals surface area contributed by atoms with Crippen LogP contribution >= 0.6 is 0 Å². The van der Waals surface area contributed by atoms with E-state index in [1.54, 1.807) is 34.0 Å². The van der Waals surface area contributed by atoms with E-state index in [-0.39, 0.29) is 16.5 Å². The number of amides is 1. The van der Waals surface area contributed by atoms with Gasteiger partial charge in [-0.1, -0.05) is 24.3 Å². The Hall–Kier alpha value is -3.68. The number of hydrogen-bond acceptors (Lipinski definition) is 5. The van der Waals surface area contributed by atoms with Crippen molar-refractivity contribution in [3.63, 3.8) is 0 Å². The first-order chi connectivity index (χ1) is 14.5. The number of aromatic nitrogens is 2. The second kappa shape index (κ2) is 7.98. The van der Waals surface area contributed by atoms with Crippen LogP contribution in [-0.4, -0.2) is 51.7 Å². The summed E-state index contributed by atoms with van der Waals surface area (Å²) in [6.45, 7) is 6.00. The minimum absolute atomic E-state index is 0.0615. The van der Waals surface area contributed by atoms with Gasteiger partial charge in [-0.3, -0.25) is 14.9 Å². The predicted molar refractivity (Wildman–Crippen MR) is 114 cm³/mol. The van der Waals surface area contributed by atoms with Crippen molar-refractivity contribution >= 4 is 17.3 Å². The highest BCUT2D eigenvalue weighted by atomic mass is 16.6. The van der Waals surface area contributed by atoms with E-state index in [2.05, 4.69) is 5.10 Å². The van der Waals surface area contributed by atoms with Crippen LogP contribution < -0.4 is 4.90 Å². The summed E-state index contributed by atoms with van der Waals surface area (Å²) in [6, 6.07) is 14.7. The topological polar surface area (TPSA) is 84.5 Å². The summed E-state index contributed by atoms with van der Waals surface area (Å²) in [4.78, 5) is 27.8. The number of benzene rings is 2. The van der Waals surface area contributed by atoms with Crippen LogP contribution in [0.3, 0.4) is 0 Å². The monoisotopic (exact) mass is 405 g/mol. The summed E-state index contributed by atoms with van der Waals surface area (Å²) in [5, 5.41) is 15.7. The van der Waals surface area contributed by atoms with Gasteiger partial charge in [-0.2, -0.15) is 5.10 Å². The van der Waals surface area contributed by atoms with Crippen LogP contribution in [0.2, 0.25) is 0 Å². The first-order valence-electron chi connectivity index (χ1n) is 9.85. The van der Waals surface area contributed by atoms with Gasteiger partial charge < -0.3 is 9.80 Å². The molecule has 2 aromatic carbocycles. The minimum Gasteiger partial charge on any atom is -0.362 e. The molecular weight excluding hydrogens is 382 g/mol. The Labute approximate surface area is 174 Å². The number of carbonyl (C=O) groups is 1. The van der Waals surface area contributed by atoms with Crippen molar-refractivity contribution in [2.75, 3.05) is 31.1 Å². The molecule has 1 aliphatic rings. The second-order valence-corrected chi connectivity index (χ2v) is 7.42. The van der Waals surface area contributed by atoms with Crippen LogP contribution in [0.5, 0.6) is 0 Å². The quantitative estimate of drug-likeness (QED) is 0.491. The number of piperazine rings is 1. The van der Waals surface area contributed by atoms with Gasteiger partial charge in [-0.15, -0.1) is 0 Å². The highest BCUT2D eigenvalue weighted by Crippen LogP contribution is 2.28. The van der Waals surface area contributed by atoms with E-state index in [0.29, 0.717) is 37.4 Å². The molecule has 30 heavy (non-hydrogen) atoms. The number of carbonyl (C=O) groups excluding carboxylic acids is 1. The lowest BCUT2D eigenvalue weighted by atomic mass is 10.1. The number of nitro benzene ring substituents is 1. The van der Waals surface area contributed by atoms with Gasteiger partial charge in [0, 0.05) is 32.2 Å². The molecule has 2 heterocycles. The van der Waals surface area contributed by atoms with E-state index in [1.165, 1.54) is 6.07 Å². The number of hydrogen-bond donors (Lipinski definition) is 0. The van der Waals surface area contributed by atoms with Gasteiger partial charge in [0.2, 0.25) is 0 Å². The molecule has 1 aliphatic heterocycles. The summed E-state index contributed by atoms with van der Waals surface area (Å²) < 4.78 is 1.78. The fourth-order valence-corrected chi connectivity index (χ4v) is 3.85. The van der Waals surface area contributed by atoms with Crippen molar-refractivity contribution in [3.8, 4) is 5.69 Å². The van der Waals surface area contributed by atoms with Crippen molar-refractivity contribution in [2.24, 2.45) is 0 Å². The van der Waals surface area contributed by atoms with E-state index in [9.17, 15) is 14.9 Å². The summed E-state index contributed by atoms with van der Waals surface area (Å²) in [6.07, 6.45) is 1.62. The summed E-state index contributed by atoms with van der Waals surface area (Å²) in [7, 11) is 0. The van der Waals surface area contributed by atoms with E-state index in [4.69, 9.17) is 0 Å². The summed E-state index contributed by atoms with van der Waals surface area (Å²) >= 11 is 0. The van der Waals surface area contributed by atoms with Gasteiger partial charge in [0.15, 0.2) is 0 Å². The zero-order valence-electron chi connectivity index (χ0n) is 17.0. The van der Waals surface area contributed by atoms with Crippen LogP contribution in [0, 0.1) is 24.0 Å². The number of para-hydroxylation sites is 2. The molecular formula is C22H23N5O3. The van der Waals surface area contributed by atoms with E-state index in [0.717, 1.165) is 16.9 Å². The van der Waals surface area contributed by atoms with Crippen LogP contribution in [0.1, 0.15) is 21.6 Å². The molecule has 3 aromatic rings. The van der Waals surface area contributed by atoms with Gasteiger partial charge >= 0.3 is 0 Å². The number of nitrogens with zero attached hydrogens (tertiary/aromatic N) is 5. The van der Waals surface area contributed by atoms with Crippen LogP contribution in [-0.2, 0) is 0 Å². The average Bonchev–Trinajstić information content (AvgIpc) is 3.14. The predicted octanol–water partition coefficient (Wildman–Crippen LogP) is 3.36. The van der Waals surface area contributed by atoms with Gasteiger partial charge in [0.05, 0.1) is 28.1 Å². The van der Waals surface area contributed by atoms with Crippen LogP contribution in [0.25, 0.3) is 5.69 Å². The molecule has 0 radical (unpaired) electrons. The molecule has 0 bridgehead atoms. The van der Waals surface area contributed by atoms with Crippen molar-refractivity contribution in [1.82, 2.24) is 14.7 Å². The lowest BCUT2D eigenvalue weighted by Crippen LogP contribution is -2.49. The van der Waals surface area contributed by atoms with Gasteiger partial charge in [0.1, 0.15) is 5.69 Å². The lowest BCUT2D eigenvalue weighted by molar-refractivity contribution is -0.384. The molecule has 8 heteroatoms. The van der Waals surface area contributed by atoms with Gasteiger partial charge in [0.25, 0.3) is 11.6 Å². The van der Waals surface area contributed by atoms with Crippen molar-refractivity contribution < 1.29 is 9.72 Å². The molecule has 154 valence electrons. The van der Waals surface area contributed by atoms with E-state index < -0.39 is 0 Å². The highest BCUT2D eigenvalue weighted by Gasteiger charge is 2.27. The molecule has 1 aromatic heterocycles. The van der Waals surface area contributed by atoms with Crippen molar-refractivity contribution in [3.05, 3.63) is 81.7 Å². The Kier molecular flexibility index (Phi) is 5.22. The lowest BCUT2D eigenvalue weighted by Gasteiger charge is -2.35. The zero-order chi connectivity index (χ0) is 21.3. The molecule has 0 saturated carbocycles. The Morgan fingerprint density at radius 2 is 1.77 bits per heavy atom. The smallest absolute Gasteiger partial charge is 0.292 e. The largest absolute Gasteiger partial charge is 0.362 e. The third kappa shape index (κ3) is 3.63. The average molecular weight is 405 g/mol. The minimum atomic E-state index is -0.365. The second-order valence-electron chi connectivity index (χ2n) is 7.42. The molecule has 0 unspecified atom stereocenters. The summed E-state index contributed by atoms with van der Waals surface area (Å²) in [5.41, 5.74) is 4.11. The Balaban J connectivity index is 1.49. The van der Waals surface area contributed by atoms with Gasteiger partial charge in [-0.25, -0.2) is 4.68 Å². The van der Waals surface area contributed by atoms with Crippen molar-refractivity contribution in [1.29, 1.82) is 0 Å². The normalized spacial score (nSPS) is 14.1. The maximum absolute atomic E-state index is 13.1. The Morgan fingerprint density at radius 1 is 1.03 bits per heavy atom. The third-order valence-electron chi connectivity index (χ3n) is 5.47. The molecule has 0 aliphatic carbocycles. The molecule has 4 rings (SSSR count). The molecule has 1 fully saturated rings. The maximum atomic E-state index is 13.1. The highest BCUT2D eigenvalue weighted by molar-refractivity contribution is 5.95. The number of anilines is 1. The molecule has 0 N–H and O–H groups in total. The number of aryl methyl sites for hydroxylation is 1. The first-order valence-corrected chi connectivity index (χ1v) is 9.85. The maximum Gasteiger partial charge on any atom is 0.292 e. The SMILES string of the molecule is Cc1cccc(-n2ncc(C(=O)N3CCN(c4ccccc4[N+](=O)[O-])CC3)c2C)c1. The standard InChI is InChI=1S/C22H23N5O3/c1-16-6-5-7-18(14-16)26-17(2)19(15-23-26)22(28)25-12-10-24(11-13-25)20-8-3-4-9-21(20)27(29)30/h3-9,14-15H,10-13H2,1-2H3. The van der Waals surface area contributed by atoms with Crippen molar-refractivity contribution in [2.45, 2.75) is 13.8 Å². The first kappa shape index (κ1) is 19.6. The summed E-state index contributed by atoms with van der Waals surface area (Å²) in [5.74, 6) is -0.0615. The molecule has 1 saturated heterocycles. The van der Waals surface area contributed by atoms with Crippen LogP contribution in [0.15, 0.2) is 54.7 Å². The van der Waals surface area contributed by atoms with Gasteiger partial charge in [-0.05, 0) is 37.6 Å². The Morgan fingerprint density at radius 3 is 2.47 bits per heavy atom. The molecule has 0 spiro atoms. The van der Waals surface area contributed by atoms with E-state index in [1.807, 2.05) is 43.0 Å². The molecule has 0 atom stereocenters. The molecule has 8 nitrogen and oxygen atoms in total. The fourth-order valence-electron chi connectivity index (χ4n) is 3.85. The number of rotatable bonds is 4. The fraction of sp³-hybridized carbons (Fsp3) is 0.273. The zero-order valence-corrected chi connectivity index (χ0v) is 17.0. The molecule has 1 amide bonds. The number of nitro groups is 1. The van der Waals surface area contributed by atoms with Crippen LogP contribution in [0.4, 0.5) is 11.4 Å². The van der Waals surface area contributed by atoms with E-state index >= 15 is 0 Å². The third-order valence-corrected chi connectivity index (χ3v) is 5.47. The Bertz CT molecular complexity index is 1100.